The highest BCUT2D eigenvalue weighted by molar-refractivity contribution is 5.86. The Balaban J connectivity index is 1.80. The van der Waals surface area contributed by atoms with Crippen molar-refractivity contribution in [2.24, 2.45) is 0 Å². The number of carbonyl (C=O) groups excluding carboxylic acids is 2. The maximum atomic E-state index is 11.7. The summed E-state index contributed by atoms with van der Waals surface area (Å²) in [6, 6.07) is 6.22. The van der Waals surface area contributed by atoms with Crippen molar-refractivity contribution in [3.63, 3.8) is 0 Å². The standard InChI is InChI=1S/C15H18N2O5/c18-13-7-3-4-8-14(13)22-15(19)9-10-16-11-5-1-2-6-12(11)17(20)21/h1-2,5-6,14,16H,3-4,7-10H2. The Kier molecular flexibility index (Phi) is 5.46. The number of ether oxygens (including phenoxy) is 1. The van der Waals surface area contributed by atoms with Gasteiger partial charge in [0.05, 0.1) is 11.3 Å². The third-order valence-electron chi connectivity index (χ3n) is 3.52. The number of benzene rings is 1. The van der Waals surface area contributed by atoms with Gasteiger partial charge in [0.15, 0.2) is 11.9 Å². The Bertz CT molecular complexity index is 573. The summed E-state index contributed by atoms with van der Waals surface area (Å²) in [6.45, 7) is 0.213. The number of carbonyl (C=O) groups is 2. The Morgan fingerprint density at radius 2 is 2.14 bits per heavy atom. The predicted molar refractivity (Wildman–Crippen MR) is 79.6 cm³/mol. The van der Waals surface area contributed by atoms with Gasteiger partial charge in [0.2, 0.25) is 0 Å². The first-order valence-electron chi connectivity index (χ1n) is 7.27. The lowest BCUT2D eigenvalue weighted by molar-refractivity contribution is -0.384. The van der Waals surface area contributed by atoms with Gasteiger partial charge in [-0.1, -0.05) is 12.1 Å². The molecule has 22 heavy (non-hydrogen) atoms. The fourth-order valence-corrected chi connectivity index (χ4v) is 2.37. The van der Waals surface area contributed by atoms with Gasteiger partial charge in [0.1, 0.15) is 5.69 Å². The molecule has 0 heterocycles. The monoisotopic (exact) mass is 306 g/mol. The summed E-state index contributed by atoms with van der Waals surface area (Å²) in [5.74, 6) is -0.488. The van der Waals surface area contributed by atoms with Crippen LogP contribution in [-0.2, 0) is 14.3 Å². The van der Waals surface area contributed by atoms with E-state index in [1.54, 1.807) is 18.2 Å². The van der Waals surface area contributed by atoms with Crippen LogP contribution < -0.4 is 5.32 Å². The third-order valence-corrected chi connectivity index (χ3v) is 3.52. The van der Waals surface area contributed by atoms with Crippen molar-refractivity contribution in [2.45, 2.75) is 38.2 Å². The molecular weight excluding hydrogens is 288 g/mol. The number of hydrogen-bond acceptors (Lipinski definition) is 6. The van der Waals surface area contributed by atoms with Gasteiger partial charge >= 0.3 is 5.97 Å². The van der Waals surface area contributed by atoms with Gasteiger partial charge in [0, 0.05) is 19.0 Å². The first-order chi connectivity index (χ1) is 10.6. The van der Waals surface area contributed by atoms with Crippen molar-refractivity contribution < 1.29 is 19.2 Å². The summed E-state index contributed by atoms with van der Waals surface area (Å²) >= 11 is 0. The van der Waals surface area contributed by atoms with Crippen molar-refractivity contribution >= 4 is 23.1 Å². The van der Waals surface area contributed by atoms with Crippen LogP contribution in [0.2, 0.25) is 0 Å². The van der Waals surface area contributed by atoms with Gasteiger partial charge < -0.3 is 10.1 Å². The number of ketones is 1. The number of anilines is 1. The number of nitrogens with one attached hydrogen (secondary N) is 1. The average molecular weight is 306 g/mol. The average Bonchev–Trinajstić information content (AvgIpc) is 2.50. The first-order valence-corrected chi connectivity index (χ1v) is 7.27. The van der Waals surface area contributed by atoms with Crippen molar-refractivity contribution in [1.82, 2.24) is 0 Å². The molecule has 0 saturated heterocycles. The summed E-state index contributed by atoms with van der Waals surface area (Å²) in [7, 11) is 0. The van der Waals surface area contributed by atoms with Gasteiger partial charge in [-0.3, -0.25) is 19.7 Å². The minimum absolute atomic E-state index is 0.0220. The van der Waals surface area contributed by atoms with Crippen LogP contribution in [-0.4, -0.2) is 29.3 Å². The van der Waals surface area contributed by atoms with Crippen LogP contribution in [0, 0.1) is 10.1 Å². The summed E-state index contributed by atoms with van der Waals surface area (Å²) in [6.07, 6.45) is 2.22. The molecule has 0 aromatic heterocycles. The molecule has 1 aromatic rings. The lowest BCUT2D eigenvalue weighted by atomic mass is 9.96. The Labute approximate surface area is 127 Å². The highest BCUT2D eigenvalue weighted by Crippen LogP contribution is 2.23. The summed E-state index contributed by atoms with van der Waals surface area (Å²) in [4.78, 5) is 33.7. The first kappa shape index (κ1) is 15.9. The van der Waals surface area contributed by atoms with Crippen molar-refractivity contribution in [1.29, 1.82) is 0 Å². The number of rotatable bonds is 6. The SMILES string of the molecule is O=C(CCNc1ccccc1[N+](=O)[O-])OC1CCCCC1=O. The largest absolute Gasteiger partial charge is 0.454 e. The maximum absolute atomic E-state index is 11.7. The summed E-state index contributed by atoms with van der Waals surface area (Å²) in [5, 5.41) is 13.7. The van der Waals surface area contributed by atoms with Crippen LogP contribution in [0.4, 0.5) is 11.4 Å². The van der Waals surface area contributed by atoms with Crippen LogP contribution in [0.25, 0.3) is 0 Å². The van der Waals surface area contributed by atoms with Crippen molar-refractivity contribution in [2.75, 3.05) is 11.9 Å². The highest BCUT2D eigenvalue weighted by Gasteiger charge is 2.25. The summed E-state index contributed by atoms with van der Waals surface area (Å²) < 4.78 is 5.16. The van der Waals surface area contributed by atoms with E-state index in [0.29, 0.717) is 18.5 Å². The second-order valence-electron chi connectivity index (χ2n) is 5.14. The molecule has 1 aromatic carbocycles. The van der Waals surface area contributed by atoms with E-state index in [2.05, 4.69) is 5.32 Å². The molecule has 0 aliphatic heterocycles. The van der Waals surface area contributed by atoms with E-state index >= 15 is 0 Å². The van der Waals surface area contributed by atoms with Crippen LogP contribution >= 0.6 is 0 Å². The molecule has 0 radical (unpaired) electrons. The minimum Gasteiger partial charge on any atom is -0.454 e. The number of para-hydroxylation sites is 2. The quantitative estimate of drug-likeness (QED) is 0.492. The van der Waals surface area contributed by atoms with Crippen molar-refractivity contribution in [3.8, 4) is 0 Å². The van der Waals surface area contributed by atoms with Gasteiger partial charge in [-0.25, -0.2) is 0 Å². The third kappa shape index (κ3) is 4.28. The molecule has 1 atom stereocenters. The van der Waals surface area contributed by atoms with Crippen LogP contribution in [0.15, 0.2) is 24.3 Å². The molecule has 118 valence electrons. The molecule has 7 nitrogen and oxygen atoms in total. The van der Waals surface area contributed by atoms with Crippen LogP contribution in [0.3, 0.4) is 0 Å². The summed E-state index contributed by atoms with van der Waals surface area (Å²) in [5.41, 5.74) is 0.312. The molecule has 1 aliphatic rings. The Morgan fingerprint density at radius 1 is 1.36 bits per heavy atom. The molecule has 1 aliphatic carbocycles. The van der Waals surface area contributed by atoms with E-state index in [4.69, 9.17) is 4.74 Å². The second-order valence-corrected chi connectivity index (χ2v) is 5.14. The zero-order chi connectivity index (χ0) is 15.9. The Morgan fingerprint density at radius 3 is 2.86 bits per heavy atom. The van der Waals surface area contributed by atoms with E-state index < -0.39 is 17.0 Å². The lowest BCUT2D eigenvalue weighted by Gasteiger charge is -2.20. The van der Waals surface area contributed by atoms with Crippen molar-refractivity contribution in [3.05, 3.63) is 34.4 Å². The van der Waals surface area contributed by atoms with Gasteiger partial charge in [-0.15, -0.1) is 0 Å². The molecular formula is C15H18N2O5. The van der Waals surface area contributed by atoms with Crippen LogP contribution in [0.5, 0.6) is 0 Å². The number of nitrogens with zero attached hydrogens (tertiary/aromatic N) is 1. The zero-order valence-electron chi connectivity index (χ0n) is 12.1. The topological polar surface area (TPSA) is 98.5 Å². The number of hydrogen-bond donors (Lipinski definition) is 1. The molecule has 0 amide bonds. The van der Waals surface area contributed by atoms with E-state index in [-0.39, 0.29) is 24.4 Å². The normalized spacial score (nSPS) is 17.8. The van der Waals surface area contributed by atoms with Gasteiger partial charge in [0.25, 0.3) is 5.69 Å². The van der Waals surface area contributed by atoms with E-state index in [1.165, 1.54) is 6.07 Å². The number of nitro groups is 1. The fourth-order valence-electron chi connectivity index (χ4n) is 2.37. The lowest BCUT2D eigenvalue weighted by Crippen LogP contribution is -2.30. The van der Waals surface area contributed by atoms with E-state index in [0.717, 1.165) is 12.8 Å². The van der Waals surface area contributed by atoms with E-state index in [1.807, 2.05) is 0 Å². The predicted octanol–water partition coefficient (Wildman–Crippen LogP) is 2.45. The maximum Gasteiger partial charge on any atom is 0.308 e. The highest BCUT2D eigenvalue weighted by atomic mass is 16.6. The van der Waals surface area contributed by atoms with Gasteiger partial charge in [-0.05, 0) is 25.3 Å². The zero-order valence-corrected chi connectivity index (χ0v) is 12.1. The van der Waals surface area contributed by atoms with Crippen LogP contribution in [0.1, 0.15) is 32.1 Å². The number of esters is 1. The Hall–Kier alpha value is -2.44. The van der Waals surface area contributed by atoms with E-state index in [9.17, 15) is 19.7 Å². The molecule has 1 saturated carbocycles. The minimum atomic E-state index is -0.618. The molecule has 0 bridgehead atoms. The number of Topliss-reactive ketones (excluding diaryl/α,β-unsaturated/α-hetero) is 1. The number of nitro benzene ring substituents is 1. The molecule has 1 unspecified atom stereocenters. The van der Waals surface area contributed by atoms with Gasteiger partial charge in [-0.2, -0.15) is 0 Å². The molecule has 1 N–H and O–H groups in total. The molecule has 2 rings (SSSR count). The fraction of sp³-hybridized carbons (Fsp3) is 0.467. The smallest absolute Gasteiger partial charge is 0.308 e. The molecule has 0 spiro atoms. The molecule has 7 heteroatoms. The second kappa shape index (κ2) is 7.53. The molecule has 1 fully saturated rings.